The Hall–Kier alpha value is -2.17. The highest BCUT2D eigenvalue weighted by Gasteiger charge is 2.50. The van der Waals surface area contributed by atoms with Crippen molar-refractivity contribution in [3.05, 3.63) is 71.8 Å². The van der Waals surface area contributed by atoms with Crippen molar-refractivity contribution < 1.29 is 14.6 Å². The molecule has 0 spiro atoms. The summed E-state index contributed by atoms with van der Waals surface area (Å²) in [5.74, 6) is -0.245. The SMILES string of the molecule is O=C(OCc1ccccc1)C1C2CCC(CC2O)N1Cc1ccccc1. The van der Waals surface area contributed by atoms with Crippen LogP contribution in [0.3, 0.4) is 0 Å². The molecule has 4 heteroatoms. The van der Waals surface area contributed by atoms with Crippen LogP contribution in [0, 0.1) is 5.92 Å². The van der Waals surface area contributed by atoms with Gasteiger partial charge in [0.2, 0.25) is 0 Å². The van der Waals surface area contributed by atoms with Gasteiger partial charge >= 0.3 is 5.97 Å². The van der Waals surface area contributed by atoms with Crippen LogP contribution in [-0.2, 0) is 22.7 Å². The number of fused-ring (bicyclic) bond motifs is 3. The Morgan fingerprint density at radius 2 is 1.65 bits per heavy atom. The molecule has 2 aliphatic heterocycles. The first-order chi connectivity index (χ1) is 12.7. The standard InChI is InChI=1S/C22H25NO3/c24-20-13-18-11-12-19(20)21(23(18)14-16-7-3-1-4-8-16)22(25)26-15-17-9-5-2-6-10-17/h1-10,18-21,24H,11-15H2. The molecule has 0 aromatic heterocycles. The molecule has 2 saturated heterocycles. The van der Waals surface area contributed by atoms with E-state index in [1.807, 2.05) is 48.5 Å². The Kier molecular flexibility index (Phi) is 5.05. The molecule has 4 atom stereocenters. The minimum atomic E-state index is -0.407. The third kappa shape index (κ3) is 3.53. The van der Waals surface area contributed by atoms with E-state index in [4.69, 9.17) is 4.74 Å². The average Bonchev–Trinajstić information content (AvgIpc) is 2.68. The first kappa shape index (κ1) is 17.3. The van der Waals surface area contributed by atoms with Crippen LogP contribution in [0.1, 0.15) is 30.4 Å². The van der Waals surface area contributed by atoms with Crippen molar-refractivity contribution in [1.29, 1.82) is 0 Å². The second-order valence-corrected chi connectivity index (χ2v) is 7.39. The molecule has 2 aromatic carbocycles. The third-order valence-electron chi connectivity index (χ3n) is 5.75. The normalized spacial score (nSPS) is 28.0. The highest BCUT2D eigenvalue weighted by atomic mass is 16.5. The number of aliphatic hydroxyl groups excluding tert-OH is 1. The van der Waals surface area contributed by atoms with Crippen LogP contribution in [0.15, 0.2) is 60.7 Å². The van der Waals surface area contributed by atoms with E-state index in [0.717, 1.165) is 31.4 Å². The smallest absolute Gasteiger partial charge is 0.324 e. The van der Waals surface area contributed by atoms with Crippen molar-refractivity contribution in [2.24, 2.45) is 5.92 Å². The lowest BCUT2D eigenvalue weighted by Crippen LogP contribution is -2.62. The van der Waals surface area contributed by atoms with E-state index >= 15 is 0 Å². The Balaban J connectivity index is 1.51. The van der Waals surface area contributed by atoms with Gasteiger partial charge in [0.05, 0.1) is 6.10 Å². The second-order valence-electron chi connectivity index (χ2n) is 7.39. The fraction of sp³-hybridized carbons (Fsp3) is 0.409. The van der Waals surface area contributed by atoms with Crippen LogP contribution in [0.25, 0.3) is 0 Å². The summed E-state index contributed by atoms with van der Waals surface area (Å²) in [6, 6.07) is 19.8. The summed E-state index contributed by atoms with van der Waals surface area (Å²) in [5, 5.41) is 10.5. The number of aliphatic hydroxyl groups is 1. The average molecular weight is 351 g/mol. The van der Waals surface area contributed by atoms with Gasteiger partial charge in [-0.05, 0) is 30.4 Å². The molecule has 2 aromatic rings. The number of carbonyl (C=O) groups excluding carboxylic acids is 1. The Bertz CT molecular complexity index is 734. The van der Waals surface area contributed by atoms with Crippen LogP contribution < -0.4 is 0 Å². The topological polar surface area (TPSA) is 49.8 Å². The molecule has 1 saturated carbocycles. The summed E-state index contributed by atoms with van der Waals surface area (Å²) >= 11 is 0. The second kappa shape index (κ2) is 7.60. The number of carbonyl (C=O) groups is 1. The molecule has 4 nitrogen and oxygen atoms in total. The maximum absolute atomic E-state index is 12.9. The molecule has 1 N–H and O–H groups in total. The number of hydrogen-bond acceptors (Lipinski definition) is 4. The molecule has 0 radical (unpaired) electrons. The number of hydrogen-bond donors (Lipinski definition) is 1. The lowest BCUT2D eigenvalue weighted by atomic mass is 9.72. The first-order valence-electron chi connectivity index (χ1n) is 9.40. The van der Waals surface area contributed by atoms with Crippen molar-refractivity contribution in [3.8, 4) is 0 Å². The number of rotatable bonds is 5. The van der Waals surface area contributed by atoms with Crippen LogP contribution in [0.4, 0.5) is 0 Å². The third-order valence-corrected chi connectivity index (χ3v) is 5.75. The molecule has 3 aliphatic rings. The van der Waals surface area contributed by atoms with E-state index in [-0.39, 0.29) is 30.6 Å². The largest absolute Gasteiger partial charge is 0.460 e. The van der Waals surface area contributed by atoms with Gasteiger partial charge in [0, 0.05) is 18.5 Å². The van der Waals surface area contributed by atoms with Crippen molar-refractivity contribution >= 4 is 5.97 Å². The highest BCUT2D eigenvalue weighted by Crippen LogP contribution is 2.41. The lowest BCUT2D eigenvalue weighted by Gasteiger charge is -2.52. The van der Waals surface area contributed by atoms with Crippen LogP contribution in [0.2, 0.25) is 0 Å². The van der Waals surface area contributed by atoms with Gasteiger partial charge in [-0.1, -0.05) is 60.7 Å². The van der Waals surface area contributed by atoms with E-state index in [2.05, 4.69) is 17.0 Å². The summed E-state index contributed by atoms with van der Waals surface area (Å²) in [7, 11) is 0. The number of benzene rings is 2. The first-order valence-corrected chi connectivity index (χ1v) is 9.40. The number of piperidine rings is 2. The van der Waals surface area contributed by atoms with E-state index < -0.39 is 6.10 Å². The van der Waals surface area contributed by atoms with Gasteiger partial charge in [0.15, 0.2) is 0 Å². The molecule has 1 aliphatic carbocycles. The molecule has 5 rings (SSSR count). The highest BCUT2D eigenvalue weighted by molar-refractivity contribution is 5.77. The molecule has 26 heavy (non-hydrogen) atoms. The summed E-state index contributed by atoms with van der Waals surface area (Å²) in [4.78, 5) is 15.2. The molecule has 4 unspecified atom stereocenters. The zero-order chi connectivity index (χ0) is 17.9. The minimum absolute atomic E-state index is 0.0352. The molecular formula is C22H25NO3. The Morgan fingerprint density at radius 1 is 1.00 bits per heavy atom. The van der Waals surface area contributed by atoms with Gasteiger partial charge < -0.3 is 9.84 Å². The van der Waals surface area contributed by atoms with Crippen molar-refractivity contribution in [2.75, 3.05) is 0 Å². The predicted octanol–water partition coefficient (Wildman–Crippen LogP) is 3.14. The monoisotopic (exact) mass is 351 g/mol. The zero-order valence-electron chi connectivity index (χ0n) is 14.8. The molecule has 0 amide bonds. The van der Waals surface area contributed by atoms with Gasteiger partial charge in [-0.15, -0.1) is 0 Å². The number of ether oxygens (including phenoxy) is 1. The Morgan fingerprint density at radius 3 is 2.31 bits per heavy atom. The summed E-state index contributed by atoms with van der Waals surface area (Å²) in [5.41, 5.74) is 2.17. The van der Waals surface area contributed by atoms with E-state index in [9.17, 15) is 9.90 Å². The van der Waals surface area contributed by atoms with Gasteiger partial charge in [-0.25, -0.2) is 0 Å². The molecule has 2 bridgehead atoms. The predicted molar refractivity (Wildman–Crippen MR) is 99.1 cm³/mol. The fourth-order valence-corrected chi connectivity index (χ4v) is 4.44. The molecule has 3 fully saturated rings. The molecular weight excluding hydrogens is 326 g/mol. The van der Waals surface area contributed by atoms with Crippen LogP contribution in [0.5, 0.6) is 0 Å². The fourth-order valence-electron chi connectivity index (χ4n) is 4.44. The summed E-state index contributed by atoms with van der Waals surface area (Å²) in [6.45, 7) is 1.00. The van der Waals surface area contributed by atoms with Crippen LogP contribution >= 0.6 is 0 Å². The van der Waals surface area contributed by atoms with Gasteiger partial charge in [0.25, 0.3) is 0 Å². The van der Waals surface area contributed by atoms with Gasteiger partial charge in [0.1, 0.15) is 12.6 Å². The number of esters is 1. The maximum Gasteiger partial charge on any atom is 0.324 e. The van der Waals surface area contributed by atoms with E-state index in [1.54, 1.807) is 0 Å². The summed E-state index contributed by atoms with van der Waals surface area (Å²) < 4.78 is 5.64. The lowest BCUT2D eigenvalue weighted by molar-refractivity contribution is -0.170. The van der Waals surface area contributed by atoms with E-state index in [1.165, 1.54) is 5.56 Å². The Labute approximate surface area is 154 Å². The quantitative estimate of drug-likeness (QED) is 0.841. The van der Waals surface area contributed by atoms with Gasteiger partial charge in [-0.2, -0.15) is 0 Å². The minimum Gasteiger partial charge on any atom is -0.460 e. The van der Waals surface area contributed by atoms with Gasteiger partial charge in [-0.3, -0.25) is 9.69 Å². The van der Waals surface area contributed by atoms with Crippen molar-refractivity contribution in [2.45, 2.75) is 50.6 Å². The zero-order valence-corrected chi connectivity index (χ0v) is 14.8. The maximum atomic E-state index is 12.9. The molecule has 136 valence electrons. The van der Waals surface area contributed by atoms with E-state index in [0.29, 0.717) is 0 Å². The molecule has 2 heterocycles. The van der Waals surface area contributed by atoms with Crippen molar-refractivity contribution in [3.63, 3.8) is 0 Å². The van der Waals surface area contributed by atoms with Crippen molar-refractivity contribution in [1.82, 2.24) is 4.90 Å². The number of nitrogens with zero attached hydrogens (tertiary/aromatic N) is 1. The van der Waals surface area contributed by atoms with Crippen LogP contribution in [-0.4, -0.2) is 34.2 Å². The summed E-state index contributed by atoms with van der Waals surface area (Å²) in [6.07, 6.45) is 2.27.